The van der Waals surface area contributed by atoms with Crippen LogP contribution < -0.4 is 5.56 Å². The van der Waals surface area contributed by atoms with E-state index in [4.69, 9.17) is 0 Å². The first kappa shape index (κ1) is 16.6. The predicted molar refractivity (Wildman–Crippen MR) is 95.1 cm³/mol. The lowest BCUT2D eigenvalue weighted by atomic mass is 9.85. The second-order valence-electron chi connectivity index (χ2n) is 5.89. The molecule has 0 aliphatic heterocycles. The van der Waals surface area contributed by atoms with Gasteiger partial charge < -0.3 is 5.10 Å². The molecule has 3 rings (SSSR count). The maximum atomic E-state index is 13.0. The van der Waals surface area contributed by atoms with Gasteiger partial charge in [-0.15, -0.1) is 0 Å². The standard InChI is InChI=1S/C20H18N2O3/c1-13-18(20(25)22-21-13)16(19(24)15-10-6-3-7-11-15)12-17(23)14-8-4-2-5-9-14/h2-11,16H,12H2,1H3,(H2,21,22,25). The Bertz CT molecular complexity index is 940. The molecule has 2 aromatic carbocycles. The van der Waals surface area contributed by atoms with E-state index in [9.17, 15) is 14.4 Å². The van der Waals surface area contributed by atoms with Crippen molar-refractivity contribution in [1.82, 2.24) is 10.2 Å². The van der Waals surface area contributed by atoms with Gasteiger partial charge in [-0.3, -0.25) is 19.5 Å². The van der Waals surface area contributed by atoms with Crippen LogP contribution in [-0.2, 0) is 0 Å². The molecule has 0 amide bonds. The highest BCUT2D eigenvalue weighted by molar-refractivity contribution is 6.06. The zero-order valence-corrected chi connectivity index (χ0v) is 13.8. The number of aromatic amines is 2. The molecule has 2 N–H and O–H groups in total. The van der Waals surface area contributed by atoms with Crippen molar-refractivity contribution >= 4 is 11.6 Å². The van der Waals surface area contributed by atoms with Crippen molar-refractivity contribution in [1.29, 1.82) is 0 Å². The average Bonchev–Trinajstić information content (AvgIpc) is 2.99. The predicted octanol–water partition coefficient (Wildman–Crippen LogP) is 3.25. The summed E-state index contributed by atoms with van der Waals surface area (Å²) in [4.78, 5) is 37.8. The number of H-pyrrole nitrogens is 2. The first-order valence-corrected chi connectivity index (χ1v) is 8.02. The average molecular weight is 334 g/mol. The number of carbonyl (C=O) groups excluding carboxylic acids is 2. The molecule has 1 unspecified atom stereocenters. The number of hydrogen-bond acceptors (Lipinski definition) is 3. The van der Waals surface area contributed by atoms with E-state index >= 15 is 0 Å². The van der Waals surface area contributed by atoms with E-state index in [2.05, 4.69) is 10.2 Å². The number of carbonyl (C=O) groups is 2. The first-order chi connectivity index (χ1) is 12.1. The Balaban J connectivity index is 2.00. The summed E-state index contributed by atoms with van der Waals surface area (Å²) < 4.78 is 0. The molecule has 0 aliphatic rings. The highest BCUT2D eigenvalue weighted by Crippen LogP contribution is 2.25. The van der Waals surface area contributed by atoms with Crippen LogP contribution in [0.25, 0.3) is 0 Å². The van der Waals surface area contributed by atoms with Crippen LogP contribution in [0.4, 0.5) is 0 Å². The smallest absolute Gasteiger partial charge is 0.268 e. The zero-order chi connectivity index (χ0) is 17.8. The Hall–Kier alpha value is -3.21. The lowest BCUT2D eigenvalue weighted by molar-refractivity contribution is 0.0892. The van der Waals surface area contributed by atoms with Crippen molar-refractivity contribution in [2.45, 2.75) is 19.3 Å². The summed E-state index contributed by atoms with van der Waals surface area (Å²) in [5.41, 5.74) is 1.53. The fourth-order valence-electron chi connectivity index (χ4n) is 2.93. The Morgan fingerprint density at radius 1 is 0.880 bits per heavy atom. The van der Waals surface area contributed by atoms with Gasteiger partial charge in [0.15, 0.2) is 11.6 Å². The number of benzene rings is 2. The largest absolute Gasteiger partial charge is 0.302 e. The number of Topliss-reactive ketones (excluding diaryl/α,β-unsaturated/α-hetero) is 2. The molecule has 0 fully saturated rings. The van der Waals surface area contributed by atoms with E-state index in [-0.39, 0.29) is 23.5 Å². The SMILES string of the molecule is Cc1[nH][nH]c(=O)c1C(CC(=O)c1ccccc1)C(=O)c1ccccc1. The van der Waals surface area contributed by atoms with Gasteiger partial charge >= 0.3 is 0 Å². The lowest BCUT2D eigenvalue weighted by Gasteiger charge is -2.14. The van der Waals surface area contributed by atoms with Gasteiger partial charge in [0.05, 0.1) is 11.5 Å². The van der Waals surface area contributed by atoms with E-state index in [0.717, 1.165) is 0 Å². The van der Waals surface area contributed by atoms with Crippen molar-refractivity contribution < 1.29 is 9.59 Å². The monoisotopic (exact) mass is 334 g/mol. The van der Waals surface area contributed by atoms with Gasteiger partial charge in [-0.05, 0) is 6.92 Å². The van der Waals surface area contributed by atoms with Gasteiger partial charge in [-0.2, -0.15) is 0 Å². The van der Waals surface area contributed by atoms with Crippen LogP contribution in [0.5, 0.6) is 0 Å². The Kier molecular flexibility index (Phi) is 4.75. The summed E-state index contributed by atoms with van der Waals surface area (Å²) in [5, 5.41) is 5.23. The fraction of sp³-hybridized carbons (Fsp3) is 0.150. The van der Waals surface area contributed by atoms with Crippen molar-refractivity contribution in [2.24, 2.45) is 0 Å². The minimum Gasteiger partial charge on any atom is -0.302 e. The first-order valence-electron chi connectivity index (χ1n) is 8.02. The van der Waals surface area contributed by atoms with Crippen molar-refractivity contribution in [3.8, 4) is 0 Å². The second-order valence-corrected chi connectivity index (χ2v) is 5.89. The summed E-state index contributed by atoms with van der Waals surface area (Å²) >= 11 is 0. The number of aryl methyl sites for hydroxylation is 1. The van der Waals surface area contributed by atoms with Crippen molar-refractivity contribution in [3.05, 3.63) is 93.4 Å². The van der Waals surface area contributed by atoms with Crippen LogP contribution >= 0.6 is 0 Å². The number of aromatic nitrogens is 2. The molecule has 1 atom stereocenters. The number of nitrogens with one attached hydrogen (secondary N) is 2. The van der Waals surface area contributed by atoms with Gasteiger partial charge in [0.2, 0.25) is 0 Å². The molecule has 25 heavy (non-hydrogen) atoms. The maximum absolute atomic E-state index is 13.0. The zero-order valence-electron chi connectivity index (χ0n) is 13.8. The minimum atomic E-state index is -0.829. The molecular weight excluding hydrogens is 316 g/mol. The molecule has 0 saturated heterocycles. The molecule has 0 saturated carbocycles. The van der Waals surface area contributed by atoms with Crippen molar-refractivity contribution in [2.75, 3.05) is 0 Å². The molecule has 0 spiro atoms. The third-order valence-electron chi connectivity index (χ3n) is 4.22. The highest BCUT2D eigenvalue weighted by atomic mass is 16.1. The molecular formula is C20H18N2O3. The lowest BCUT2D eigenvalue weighted by Crippen LogP contribution is -2.23. The third-order valence-corrected chi connectivity index (χ3v) is 4.22. The number of rotatable bonds is 6. The van der Waals surface area contributed by atoms with E-state index in [1.54, 1.807) is 55.5 Å². The molecule has 0 bridgehead atoms. The molecule has 1 heterocycles. The molecule has 0 aliphatic carbocycles. The molecule has 5 nitrogen and oxygen atoms in total. The summed E-state index contributed by atoms with van der Waals surface area (Å²) in [6.07, 6.45) is -0.0560. The summed E-state index contributed by atoms with van der Waals surface area (Å²) in [5.74, 6) is -1.24. The van der Waals surface area contributed by atoms with E-state index in [1.165, 1.54) is 0 Å². The topological polar surface area (TPSA) is 82.8 Å². The Morgan fingerprint density at radius 2 is 1.44 bits per heavy atom. The molecule has 0 radical (unpaired) electrons. The van der Waals surface area contributed by atoms with E-state index in [0.29, 0.717) is 22.4 Å². The molecule has 1 aromatic heterocycles. The van der Waals surface area contributed by atoms with Gasteiger partial charge in [0.25, 0.3) is 5.56 Å². The second kappa shape index (κ2) is 7.13. The molecule has 3 aromatic rings. The van der Waals surface area contributed by atoms with Gasteiger partial charge in [-0.25, -0.2) is 0 Å². The van der Waals surface area contributed by atoms with E-state index in [1.807, 2.05) is 12.1 Å². The highest BCUT2D eigenvalue weighted by Gasteiger charge is 2.29. The fourth-order valence-corrected chi connectivity index (χ4v) is 2.93. The van der Waals surface area contributed by atoms with Gasteiger partial charge in [-0.1, -0.05) is 60.7 Å². The van der Waals surface area contributed by atoms with Crippen LogP contribution in [0.3, 0.4) is 0 Å². The summed E-state index contributed by atoms with van der Waals surface area (Å²) in [7, 11) is 0. The number of hydrogen-bond donors (Lipinski definition) is 2. The summed E-state index contributed by atoms with van der Waals surface area (Å²) in [6, 6.07) is 17.5. The Morgan fingerprint density at radius 3 is 1.96 bits per heavy atom. The van der Waals surface area contributed by atoms with Gasteiger partial charge in [0, 0.05) is 23.2 Å². The van der Waals surface area contributed by atoms with Crippen LogP contribution in [-0.4, -0.2) is 21.8 Å². The number of ketones is 2. The quantitative estimate of drug-likeness (QED) is 0.679. The minimum absolute atomic E-state index is 0.0560. The Labute approximate surface area is 144 Å². The van der Waals surface area contributed by atoms with Crippen molar-refractivity contribution in [3.63, 3.8) is 0 Å². The maximum Gasteiger partial charge on any atom is 0.268 e. The normalized spacial score (nSPS) is 11.9. The third kappa shape index (κ3) is 3.50. The van der Waals surface area contributed by atoms with Crippen LogP contribution in [0.2, 0.25) is 0 Å². The van der Waals surface area contributed by atoms with Crippen LogP contribution in [0, 0.1) is 6.92 Å². The van der Waals surface area contributed by atoms with Crippen LogP contribution in [0.1, 0.15) is 44.3 Å². The summed E-state index contributed by atoms with van der Waals surface area (Å²) in [6.45, 7) is 1.71. The van der Waals surface area contributed by atoms with Crippen LogP contribution in [0.15, 0.2) is 65.5 Å². The molecule has 126 valence electrons. The van der Waals surface area contributed by atoms with Gasteiger partial charge in [0.1, 0.15) is 0 Å². The molecule has 5 heteroatoms. The van der Waals surface area contributed by atoms with E-state index < -0.39 is 5.92 Å².